The van der Waals surface area contributed by atoms with Crippen molar-refractivity contribution >= 4 is 28.3 Å². The number of fused-ring (bicyclic) bond motifs is 1. The molecule has 1 atom stereocenters. The predicted molar refractivity (Wildman–Crippen MR) is 91.0 cm³/mol. The van der Waals surface area contributed by atoms with Gasteiger partial charge in [0.25, 0.3) is 5.69 Å². The molecule has 0 spiro atoms. The Morgan fingerprint density at radius 2 is 2.29 bits per heavy atom. The Balaban J connectivity index is 1.89. The van der Waals surface area contributed by atoms with Gasteiger partial charge in [-0.2, -0.15) is 0 Å². The summed E-state index contributed by atoms with van der Waals surface area (Å²) < 4.78 is 0. The largest absolute Gasteiger partial charge is 0.465 e. The number of carboxylic acid groups (broad SMARTS) is 1. The molecule has 7 heteroatoms. The fraction of sp³-hybridized carbons (Fsp3) is 0.353. The van der Waals surface area contributed by atoms with E-state index in [1.54, 1.807) is 12.1 Å². The first kappa shape index (κ1) is 16.0. The molecule has 0 aliphatic heterocycles. The van der Waals surface area contributed by atoms with Crippen LogP contribution in [0.1, 0.15) is 31.7 Å². The molecule has 1 aromatic carbocycles. The molecule has 0 saturated carbocycles. The molecule has 1 aliphatic carbocycles. The van der Waals surface area contributed by atoms with E-state index in [2.05, 4.69) is 11.1 Å². The third-order valence-corrected chi connectivity index (χ3v) is 4.63. The lowest BCUT2D eigenvalue weighted by molar-refractivity contribution is -0.384. The molecule has 7 nitrogen and oxygen atoms in total. The van der Waals surface area contributed by atoms with Gasteiger partial charge in [-0.05, 0) is 37.8 Å². The molecule has 126 valence electrons. The summed E-state index contributed by atoms with van der Waals surface area (Å²) in [6.07, 6.45) is 5.22. The second-order valence-electron chi connectivity index (χ2n) is 5.92. The lowest BCUT2D eigenvalue weighted by Crippen LogP contribution is -2.39. The topological polar surface area (TPSA) is 99.5 Å². The van der Waals surface area contributed by atoms with Gasteiger partial charge in [0.1, 0.15) is 0 Å². The second kappa shape index (κ2) is 6.35. The van der Waals surface area contributed by atoms with Crippen molar-refractivity contribution in [3.63, 3.8) is 0 Å². The summed E-state index contributed by atoms with van der Waals surface area (Å²) >= 11 is 0. The molecular formula is C17H19N3O4. The van der Waals surface area contributed by atoms with E-state index < -0.39 is 11.0 Å². The van der Waals surface area contributed by atoms with Gasteiger partial charge in [-0.3, -0.25) is 10.1 Å². The number of nitrogens with zero attached hydrogens (tertiary/aromatic N) is 2. The van der Waals surface area contributed by atoms with Crippen LogP contribution in [0.2, 0.25) is 0 Å². The summed E-state index contributed by atoms with van der Waals surface area (Å²) in [4.78, 5) is 26.5. The maximum atomic E-state index is 11.3. The van der Waals surface area contributed by atoms with Crippen LogP contribution in [0.25, 0.3) is 16.5 Å². The van der Waals surface area contributed by atoms with Crippen LogP contribution >= 0.6 is 0 Å². The maximum Gasteiger partial charge on any atom is 0.407 e. The molecule has 1 heterocycles. The molecule has 2 N–H and O–H groups in total. The zero-order chi connectivity index (χ0) is 17.3. The summed E-state index contributed by atoms with van der Waals surface area (Å²) in [7, 11) is 0. The van der Waals surface area contributed by atoms with Crippen molar-refractivity contribution < 1.29 is 14.8 Å². The average Bonchev–Trinajstić information content (AvgIpc) is 2.99. The average molecular weight is 329 g/mol. The monoisotopic (exact) mass is 329 g/mol. The van der Waals surface area contributed by atoms with Crippen LogP contribution in [0, 0.1) is 10.1 Å². The fourth-order valence-electron chi connectivity index (χ4n) is 3.39. The Bertz CT molecular complexity index is 824. The molecule has 1 aromatic heterocycles. The first-order valence-corrected chi connectivity index (χ1v) is 7.95. The van der Waals surface area contributed by atoms with Gasteiger partial charge in [-0.1, -0.05) is 6.08 Å². The third-order valence-electron chi connectivity index (χ3n) is 4.63. The van der Waals surface area contributed by atoms with E-state index >= 15 is 0 Å². The number of aromatic amines is 1. The first-order valence-electron chi connectivity index (χ1n) is 7.95. The Morgan fingerprint density at radius 3 is 2.88 bits per heavy atom. The van der Waals surface area contributed by atoms with Gasteiger partial charge in [0.2, 0.25) is 0 Å². The van der Waals surface area contributed by atoms with Crippen molar-refractivity contribution in [2.75, 3.05) is 6.54 Å². The molecule has 3 rings (SSSR count). The van der Waals surface area contributed by atoms with E-state index in [1.165, 1.54) is 11.0 Å². The number of nitrogens with one attached hydrogen (secondary N) is 1. The second-order valence-corrected chi connectivity index (χ2v) is 5.92. The third kappa shape index (κ3) is 2.84. The minimum absolute atomic E-state index is 0.00390. The predicted octanol–water partition coefficient (Wildman–Crippen LogP) is 4.01. The number of nitro benzene ring substituents is 1. The van der Waals surface area contributed by atoms with E-state index in [0.29, 0.717) is 13.0 Å². The smallest absolute Gasteiger partial charge is 0.407 e. The normalized spacial score (nSPS) is 17.5. The van der Waals surface area contributed by atoms with Gasteiger partial charge in [0, 0.05) is 47.4 Å². The Labute approximate surface area is 138 Å². The SMILES string of the molecule is CCN(C(=O)O)C1CC=C(c2c[nH]c3ccc([N+](=O)[O-])cc23)CC1. The lowest BCUT2D eigenvalue weighted by Gasteiger charge is -2.30. The number of carbonyl (C=O) groups is 1. The summed E-state index contributed by atoms with van der Waals surface area (Å²) in [5, 5.41) is 21.1. The van der Waals surface area contributed by atoms with E-state index in [0.717, 1.165) is 34.9 Å². The minimum atomic E-state index is -0.887. The van der Waals surface area contributed by atoms with Crippen LogP contribution in [0.3, 0.4) is 0 Å². The Hall–Kier alpha value is -2.83. The number of hydrogen-bond donors (Lipinski definition) is 2. The summed E-state index contributed by atoms with van der Waals surface area (Å²) in [5.41, 5.74) is 3.00. The molecule has 1 unspecified atom stereocenters. The molecular weight excluding hydrogens is 310 g/mol. The summed E-state index contributed by atoms with van der Waals surface area (Å²) in [6, 6.07) is 4.78. The van der Waals surface area contributed by atoms with Crippen molar-refractivity contribution in [3.8, 4) is 0 Å². The molecule has 0 bridgehead atoms. The first-order chi connectivity index (χ1) is 11.5. The number of hydrogen-bond acceptors (Lipinski definition) is 3. The maximum absolute atomic E-state index is 11.3. The Morgan fingerprint density at radius 1 is 1.50 bits per heavy atom. The highest BCUT2D eigenvalue weighted by atomic mass is 16.6. The van der Waals surface area contributed by atoms with Crippen LogP contribution < -0.4 is 0 Å². The molecule has 1 amide bonds. The van der Waals surface area contributed by atoms with Gasteiger partial charge in [0.15, 0.2) is 0 Å². The zero-order valence-corrected chi connectivity index (χ0v) is 13.4. The summed E-state index contributed by atoms with van der Waals surface area (Å²) in [5.74, 6) is 0. The van der Waals surface area contributed by atoms with Crippen LogP contribution in [-0.4, -0.2) is 38.6 Å². The van der Waals surface area contributed by atoms with Gasteiger partial charge >= 0.3 is 6.09 Å². The van der Waals surface area contributed by atoms with E-state index in [1.807, 2.05) is 13.1 Å². The van der Waals surface area contributed by atoms with E-state index in [-0.39, 0.29) is 11.7 Å². The lowest BCUT2D eigenvalue weighted by atomic mass is 9.90. The molecule has 0 fully saturated rings. The molecule has 2 aromatic rings. The summed E-state index contributed by atoms with van der Waals surface area (Å²) in [6.45, 7) is 2.31. The van der Waals surface area contributed by atoms with Crippen LogP contribution in [-0.2, 0) is 0 Å². The van der Waals surface area contributed by atoms with Crippen molar-refractivity contribution in [3.05, 3.63) is 46.1 Å². The molecule has 24 heavy (non-hydrogen) atoms. The number of H-pyrrole nitrogens is 1. The standard InChI is InChI=1S/C17H19N3O4/c1-2-19(17(21)22)12-5-3-11(4-6-12)15-10-18-16-8-7-13(20(23)24)9-14(15)16/h3,7-10,12,18H,2,4-6H2,1H3,(H,21,22). The number of nitro groups is 1. The van der Waals surface area contributed by atoms with Gasteiger partial charge < -0.3 is 15.0 Å². The molecule has 0 saturated heterocycles. The highest BCUT2D eigenvalue weighted by Crippen LogP contribution is 2.34. The van der Waals surface area contributed by atoms with Crippen LogP contribution in [0.15, 0.2) is 30.5 Å². The van der Waals surface area contributed by atoms with Gasteiger partial charge in [-0.25, -0.2) is 4.79 Å². The quantitative estimate of drug-likeness (QED) is 0.654. The van der Waals surface area contributed by atoms with Crippen molar-refractivity contribution in [1.29, 1.82) is 0 Å². The minimum Gasteiger partial charge on any atom is -0.465 e. The molecule has 0 radical (unpaired) electrons. The zero-order valence-electron chi connectivity index (χ0n) is 13.4. The number of amides is 1. The van der Waals surface area contributed by atoms with Crippen molar-refractivity contribution in [2.45, 2.75) is 32.2 Å². The van der Waals surface area contributed by atoms with E-state index in [9.17, 15) is 20.0 Å². The van der Waals surface area contributed by atoms with Gasteiger partial charge in [0.05, 0.1) is 4.92 Å². The van der Waals surface area contributed by atoms with Crippen LogP contribution in [0.5, 0.6) is 0 Å². The van der Waals surface area contributed by atoms with Crippen LogP contribution in [0.4, 0.5) is 10.5 Å². The van der Waals surface area contributed by atoms with E-state index in [4.69, 9.17) is 0 Å². The number of aromatic nitrogens is 1. The number of non-ortho nitro benzene ring substituents is 1. The highest BCUT2D eigenvalue weighted by Gasteiger charge is 2.25. The fourth-order valence-corrected chi connectivity index (χ4v) is 3.39. The van der Waals surface area contributed by atoms with Crippen molar-refractivity contribution in [1.82, 2.24) is 9.88 Å². The number of benzene rings is 1. The number of allylic oxidation sites excluding steroid dienone is 1. The molecule has 1 aliphatic rings. The highest BCUT2D eigenvalue weighted by molar-refractivity contribution is 5.94. The number of rotatable bonds is 4. The van der Waals surface area contributed by atoms with Crippen molar-refractivity contribution in [2.24, 2.45) is 0 Å². The Kier molecular flexibility index (Phi) is 4.24. The van der Waals surface area contributed by atoms with Gasteiger partial charge in [-0.15, -0.1) is 0 Å².